The molecule has 0 fully saturated rings. The van der Waals surface area contributed by atoms with Crippen LogP contribution in [0.25, 0.3) is 22.3 Å². The fourth-order valence-corrected chi connectivity index (χ4v) is 4.27. The van der Waals surface area contributed by atoms with Crippen molar-refractivity contribution in [3.63, 3.8) is 0 Å². The van der Waals surface area contributed by atoms with Crippen molar-refractivity contribution in [2.45, 2.75) is 12.6 Å². The van der Waals surface area contributed by atoms with Gasteiger partial charge in [-0.05, 0) is 42.0 Å². The number of pyridine rings is 3. The Morgan fingerprint density at radius 1 is 0.946 bits per heavy atom. The Hall–Kier alpha value is -4.73. The van der Waals surface area contributed by atoms with Crippen molar-refractivity contribution in [1.82, 2.24) is 24.5 Å². The molecule has 1 aromatic carbocycles. The summed E-state index contributed by atoms with van der Waals surface area (Å²) in [7, 11) is 3.17. The van der Waals surface area contributed by atoms with Crippen molar-refractivity contribution in [2.75, 3.05) is 20.8 Å². The first-order chi connectivity index (χ1) is 18.1. The minimum atomic E-state index is -0.523. The molecular formula is C27H22FN5O4. The minimum Gasteiger partial charge on any atom is -0.493 e. The lowest BCUT2D eigenvalue weighted by Gasteiger charge is -2.28. The van der Waals surface area contributed by atoms with Crippen LogP contribution in [0.3, 0.4) is 0 Å². The van der Waals surface area contributed by atoms with E-state index in [1.165, 1.54) is 12.3 Å². The number of rotatable bonds is 6. The summed E-state index contributed by atoms with van der Waals surface area (Å²) in [5.41, 5.74) is 4.85. The minimum absolute atomic E-state index is 0.321. The van der Waals surface area contributed by atoms with E-state index in [0.29, 0.717) is 36.3 Å². The van der Waals surface area contributed by atoms with Gasteiger partial charge in [0.2, 0.25) is 17.6 Å². The van der Waals surface area contributed by atoms with Gasteiger partial charge in [-0.2, -0.15) is 4.39 Å². The Morgan fingerprint density at radius 2 is 1.84 bits per heavy atom. The molecule has 37 heavy (non-hydrogen) atoms. The Bertz CT molecular complexity index is 1550. The van der Waals surface area contributed by atoms with Gasteiger partial charge in [-0.3, -0.25) is 0 Å². The van der Waals surface area contributed by atoms with Gasteiger partial charge in [-0.25, -0.2) is 19.9 Å². The van der Waals surface area contributed by atoms with E-state index >= 15 is 0 Å². The highest BCUT2D eigenvalue weighted by molar-refractivity contribution is 5.78. The van der Waals surface area contributed by atoms with E-state index in [2.05, 4.69) is 19.9 Å². The SMILES string of the molecule is COc1ccc(C2COc3cc(Cn4cnc5cc(-c6ccc(F)nc6)cnc54)cc(OC)c3O2)cn1. The maximum Gasteiger partial charge on any atom is 0.212 e. The third kappa shape index (κ3) is 4.37. The molecule has 9 nitrogen and oxygen atoms in total. The average molecular weight is 500 g/mol. The highest BCUT2D eigenvalue weighted by Crippen LogP contribution is 2.44. The second-order valence-electron chi connectivity index (χ2n) is 8.49. The van der Waals surface area contributed by atoms with Crippen LogP contribution in [0.2, 0.25) is 0 Å². The Labute approximate surface area is 211 Å². The average Bonchev–Trinajstić information content (AvgIpc) is 3.34. The van der Waals surface area contributed by atoms with Crippen LogP contribution in [-0.4, -0.2) is 45.3 Å². The van der Waals surface area contributed by atoms with Gasteiger partial charge >= 0.3 is 0 Å². The zero-order valence-electron chi connectivity index (χ0n) is 20.1. The van der Waals surface area contributed by atoms with Gasteiger partial charge in [-0.15, -0.1) is 0 Å². The number of fused-ring (bicyclic) bond motifs is 2. The molecule has 4 aromatic heterocycles. The number of halogens is 1. The van der Waals surface area contributed by atoms with E-state index in [0.717, 1.165) is 33.4 Å². The van der Waals surface area contributed by atoms with Crippen LogP contribution in [0.15, 0.2) is 67.4 Å². The molecule has 1 aliphatic heterocycles. The molecule has 0 aliphatic carbocycles. The van der Waals surface area contributed by atoms with Gasteiger partial charge in [0.05, 0.1) is 27.1 Å². The molecular weight excluding hydrogens is 477 g/mol. The maximum atomic E-state index is 13.2. The molecule has 186 valence electrons. The molecule has 6 rings (SSSR count). The first kappa shape index (κ1) is 22.7. The molecule has 0 bridgehead atoms. The molecule has 5 heterocycles. The van der Waals surface area contributed by atoms with Gasteiger partial charge in [-0.1, -0.05) is 0 Å². The molecule has 0 amide bonds. The van der Waals surface area contributed by atoms with Crippen molar-refractivity contribution in [1.29, 1.82) is 0 Å². The summed E-state index contributed by atoms with van der Waals surface area (Å²) in [4.78, 5) is 17.1. The van der Waals surface area contributed by atoms with Crippen LogP contribution in [0.4, 0.5) is 4.39 Å². The van der Waals surface area contributed by atoms with Gasteiger partial charge < -0.3 is 23.5 Å². The Kier molecular flexibility index (Phi) is 5.76. The van der Waals surface area contributed by atoms with Crippen LogP contribution in [0, 0.1) is 5.95 Å². The number of hydrogen-bond donors (Lipinski definition) is 0. The van der Waals surface area contributed by atoms with Crippen molar-refractivity contribution in [3.8, 4) is 34.3 Å². The number of imidazole rings is 1. The largest absolute Gasteiger partial charge is 0.493 e. The summed E-state index contributed by atoms with van der Waals surface area (Å²) in [6, 6.07) is 12.4. The first-order valence-electron chi connectivity index (χ1n) is 11.5. The molecule has 0 radical (unpaired) electrons. The number of methoxy groups -OCH3 is 2. The molecule has 1 atom stereocenters. The van der Waals surface area contributed by atoms with Gasteiger partial charge in [0.25, 0.3) is 0 Å². The lowest BCUT2D eigenvalue weighted by atomic mass is 10.1. The molecule has 0 saturated carbocycles. The van der Waals surface area contributed by atoms with Gasteiger partial charge in [0.15, 0.2) is 23.3 Å². The molecule has 1 aliphatic rings. The van der Waals surface area contributed by atoms with E-state index in [1.807, 2.05) is 28.8 Å². The quantitative estimate of drug-likeness (QED) is 0.313. The summed E-state index contributed by atoms with van der Waals surface area (Å²) in [6.45, 7) is 0.837. The number of aromatic nitrogens is 5. The zero-order valence-corrected chi connectivity index (χ0v) is 20.1. The highest BCUT2D eigenvalue weighted by atomic mass is 19.1. The molecule has 10 heteroatoms. The molecule has 0 spiro atoms. The Morgan fingerprint density at radius 3 is 2.59 bits per heavy atom. The molecule has 1 unspecified atom stereocenters. The summed E-state index contributed by atoms with van der Waals surface area (Å²) < 4.78 is 38.2. The van der Waals surface area contributed by atoms with Crippen LogP contribution >= 0.6 is 0 Å². The third-order valence-corrected chi connectivity index (χ3v) is 6.16. The summed E-state index contributed by atoms with van der Waals surface area (Å²) in [6.07, 6.45) is 6.34. The third-order valence-electron chi connectivity index (χ3n) is 6.16. The number of benzene rings is 1. The maximum absolute atomic E-state index is 13.2. The topological polar surface area (TPSA) is 93.4 Å². The van der Waals surface area contributed by atoms with Crippen molar-refractivity contribution >= 4 is 11.2 Å². The molecule has 5 aromatic rings. The van der Waals surface area contributed by atoms with E-state index in [-0.39, 0.29) is 6.10 Å². The summed E-state index contributed by atoms with van der Waals surface area (Å²) in [5.74, 6) is 1.74. The number of nitrogens with zero attached hydrogens (tertiary/aromatic N) is 5. The van der Waals surface area contributed by atoms with Crippen LogP contribution in [0.5, 0.6) is 23.1 Å². The fourth-order valence-electron chi connectivity index (χ4n) is 4.27. The van der Waals surface area contributed by atoms with E-state index in [4.69, 9.17) is 18.9 Å². The number of ether oxygens (including phenoxy) is 4. The molecule has 0 saturated heterocycles. The highest BCUT2D eigenvalue weighted by Gasteiger charge is 2.27. The second kappa shape index (κ2) is 9.38. The standard InChI is InChI=1S/C27H22FN5O4/c1-34-21-7-16(8-22-26(21)37-23(14-36-22)18-4-6-25(35-2)30-11-18)13-33-15-32-20-9-19(12-31-27(20)33)17-3-5-24(28)29-10-17/h3-12,15,23H,13-14H2,1-2H3. The van der Waals surface area contributed by atoms with E-state index < -0.39 is 5.95 Å². The van der Waals surface area contributed by atoms with Gasteiger partial charge in [0, 0.05) is 41.3 Å². The predicted octanol–water partition coefficient (Wildman–Crippen LogP) is 4.61. The van der Waals surface area contributed by atoms with Gasteiger partial charge in [0.1, 0.15) is 12.1 Å². The second-order valence-corrected chi connectivity index (χ2v) is 8.49. The van der Waals surface area contributed by atoms with Crippen LogP contribution < -0.4 is 18.9 Å². The fraction of sp³-hybridized carbons (Fsp3) is 0.185. The molecule has 0 N–H and O–H groups in total. The Balaban J connectivity index is 1.25. The lowest BCUT2D eigenvalue weighted by Crippen LogP contribution is -2.22. The van der Waals surface area contributed by atoms with E-state index in [9.17, 15) is 4.39 Å². The monoisotopic (exact) mass is 499 g/mol. The van der Waals surface area contributed by atoms with Crippen LogP contribution in [-0.2, 0) is 6.54 Å². The predicted molar refractivity (Wildman–Crippen MR) is 132 cm³/mol. The summed E-state index contributed by atoms with van der Waals surface area (Å²) in [5, 5.41) is 0. The van der Waals surface area contributed by atoms with Crippen molar-refractivity contribution in [3.05, 3.63) is 84.5 Å². The van der Waals surface area contributed by atoms with Crippen molar-refractivity contribution in [2.24, 2.45) is 0 Å². The smallest absolute Gasteiger partial charge is 0.212 e. The lowest BCUT2D eigenvalue weighted by molar-refractivity contribution is 0.0867. The normalized spacial score (nSPS) is 14.5. The zero-order chi connectivity index (χ0) is 25.4. The number of hydrogen-bond acceptors (Lipinski definition) is 8. The first-order valence-corrected chi connectivity index (χ1v) is 11.5. The van der Waals surface area contributed by atoms with Crippen molar-refractivity contribution < 1.29 is 23.3 Å². The van der Waals surface area contributed by atoms with Crippen LogP contribution in [0.1, 0.15) is 17.2 Å². The van der Waals surface area contributed by atoms with E-state index in [1.54, 1.807) is 45.1 Å². The summed E-state index contributed by atoms with van der Waals surface area (Å²) >= 11 is 0.